The fourth-order valence-electron chi connectivity index (χ4n) is 3.27. The maximum Gasteiger partial charge on any atom is 0.246 e. The van der Waals surface area contributed by atoms with E-state index in [-0.39, 0.29) is 10.7 Å². The van der Waals surface area contributed by atoms with Crippen LogP contribution in [0.1, 0.15) is 25.7 Å². The normalized spacial score (nSPS) is 25.2. The topological polar surface area (TPSA) is 79.5 Å². The summed E-state index contributed by atoms with van der Waals surface area (Å²) in [4.78, 5) is 6.45. The van der Waals surface area contributed by atoms with Crippen LogP contribution in [0.4, 0.5) is 5.82 Å². The first-order valence-corrected chi connectivity index (χ1v) is 8.98. The van der Waals surface area contributed by atoms with Crippen LogP contribution in [-0.2, 0) is 10.0 Å². The van der Waals surface area contributed by atoms with Crippen LogP contribution in [0.3, 0.4) is 0 Å². The van der Waals surface area contributed by atoms with Crippen LogP contribution >= 0.6 is 0 Å². The Labute approximate surface area is 126 Å². The Morgan fingerprint density at radius 1 is 1.19 bits per heavy atom. The number of rotatable bonds is 3. The van der Waals surface area contributed by atoms with Crippen LogP contribution < -0.4 is 5.73 Å². The van der Waals surface area contributed by atoms with E-state index in [1.165, 1.54) is 31.5 Å². The summed E-state index contributed by atoms with van der Waals surface area (Å²) >= 11 is 0. The lowest BCUT2D eigenvalue weighted by molar-refractivity contribution is 0.169. The van der Waals surface area contributed by atoms with Gasteiger partial charge in [0.15, 0.2) is 0 Å². The van der Waals surface area contributed by atoms with Gasteiger partial charge < -0.3 is 5.73 Å². The van der Waals surface area contributed by atoms with Crippen LogP contribution in [-0.4, -0.2) is 54.8 Å². The average molecular weight is 310 g/mol. The molecule has 2 N–H and O–H groups in total. The fourth-order valence-corrected chi connectivity index (χ4v) is 4.83. The van der Waals surface area contributed by atoms with E-state index in [9.17, 15) is 8.42 Å². The molecule has 0 amide bonds. The van der Waals surface area contributed by atoms with Crippen molar-refractivity contribution in [2.75, 3.05) is 31.9 Å². The number of nitrogen functional groups attached to an aromatic ring is 1. The molecule has 0 aliphatic carbocycles. The molecular formula is C14H22N4O2S. The van der Waals surface area contributed by atoms with Crippen molar-refractivity contribution in [3.05, 3.63) is 18.3 Å². The first-order valence-electron chi connectivity index (χ1n) is 7.54. The van der Waals surface area contributed by atoms with Gasteiger partial charge in [0, 0.05) is 25.3 Å². The molecule has 1 atom stereocenters. The van der Waals surface area contributed by atoms with E-state index in [1.54, 1.807) is 10.4 Å². The van der Waals surface area contributed by atoms with Gasteiger partial charge in [-0.2, -0.15) is 4.31 Å². The Hall–Kier alpha value is -1.18. The summed E-state index contributed by atoms with van der Waals surface area (Å²) in [6.07, 6.45) is 6.14. The van der Waals surface area contributed by atoms with Gasteiger partial charge in [0.05, 0.1) is 0 Å². The molecule has 2 aliphatic heterocycles. The van der Waals surface area contributed by atoms with Crippen LogP contribution in [0, 0.1) is 0 Å². The highest BCUT2D eigenvalue weighted by Gasteiger charge is 2.36. The number of hydrogen-bond acceptors (Lipinski definition) is 5. The second-order valence-electron chi connectivity index (χ2n) is 5.79. The van der Waals surface area contributed by atoms with Crippen LogP contribution in [0.15, 0.2) is 23.2 Å². The minimum atomic E-state index is -3.52. The summed E-state index contributed by atoms with van der Waals surface area (Å²) in [6.45, 7) is 3.32. The molecule has 2 aliphatic rings. The molecule has 3 heterocycles. The molecular weight excluding hydrogens is 288 g/mol. The number of nitrogens with two attached hydrogens (primary N) is 1. The van der Waals surface area contributed by atoms with E-state index in [1.807, 2.05) is 0 Å². The number of likely N-dealkylation sites (tertiary alicyclic amines) is 1. The van der Waals surface area contributed by atoms with E-state index >= 15 is 0 Å². The molecule has 1 aromatic rings. The van der Waals surface area contributed by atoms with Crippen LogP contribution in [0.2, 0.25) is 0 Å². The molecule has 0 radical (unpaired) electrons. The quantitative estimate of drug-likeness (QED) is 0.898. The van der Waals surface area contributed by atoms with Crippen molar-refractivity contribution in [1.29, 1.82) is 0 Å². The SMILES string of the molecule is Nc1ncccc1S(=O)(=O)N1CCC(N2CCCCC2)C1. The Kier molecular flexibility index (Phi) is 4.14. The zero-order valence-corrected chi connectivity index (χ0v) is 12.9. The minimum Gasteiger partial charge on any atom is -0.383 e. The Morgan fingerprint density at radius 3 is 2.67 bits per heavy atom. The van der Waals surface area contributed by atoms with Gasteiger partial charge in [-0.05, 0) is 44.5 Å². The van der Waals surface area contributed by atoms with Crippen molar-refractivity contribution in [3.63, 3.8) is 0 Å². The minimum absolute atomic E-state index is 0.0823. The largest absolute Gasteiger partial charge is 0.383 e. The number of anilines is 1. The van der Waals surface area contributed by atoms with Gasteiger partial charge in [-0.3, -0.25) is 4.90 Å². The second kappa shape index (κ2) is 5.90. The fraction of sp³-hybridized carbons (Fsp3) is 0.643. The number of piperidine rings is 1. The Morgan fingerprint density at radius 2 is 1.95 bits per heavy atom. The summed E-state index contributed by atoms with van der Waals surface area (Å²) in [5, 5.41) is 0. The highest BCUT2D eigenvalue weighted by atomic mass is 32.2. The number of sulfonamides is 1. The molecule has 21 heavy (non-hydrogen) atoms. The highest BCUT2D eigenvalue weighted by Crippen LogP contribution is 2.27. The summed E-state index contributed by atoms with van der Waals surface area (Å²) in [7, 11) is -3.52. The molecule has 2 saturated heterocycles. The maximum absolute atomic E-state index is 12.7. The van der Waals surface area contributed by atoms with Gasteiger partial charge in [-0.15, -0.1) is 0 Å². The molecule has 0 aromatic carbocycles. The van der Waals surface area contributed by atoms with Gasteiger partial charge >= 0.3 is 0 Å². The first kappa shape index (κ1) is 14.7. The van der Waals surface area contributed by atoms with Crippen molar-refractivity contribution >= 4 is 15.8 Å². The molecule has 3 rings (SSSR count). The molecule has 0 spiro atoms. The Bertz CT molecular complexity index is 599. The molecule has 0 saturated carbocycles. The van der Waals surface area contributed by atoms with Gasteiger partial charge in [-0.25, -0.2) is 13.4 Å². The number of nitrogens with zero attached hydrogens (tertiary/aromatic N) is 3. The molecule has 1 unspecified atom stereocenters. The second-order valence-corrected chi connectivity index (χ2v) is 7.70. The highest BCUT2D eigenvalue weighted by molar-refractivity contribution is 7.89. The van der Waals surface area contributed by atoms with E-state index in [4.69, 9.17) is 5.73 Å². The van der Waals surface area contributed by atoms with Crippen molar-refractivity contribution in [1.82, 2.24) is 14.2 Å². The van der Waals surface area contributed by atoms with Gasteiger partial charge in [0.2, 0.25) is 10.0 Å². The predicted molar refractivity (Wildman–Crippen MR) is 81.2 cm³/mol. The van der Waals surface area contributed by atoms with E-state index < -0.39 is 10.0 Å². The molecule has 116 valence electrons. The monoisotopic (exact) mass is 310 g/mol. The summed E-state index contributed by atoms with van der Waals surface area (Å²) in [5.41, 5.74) is 5.72. The standard InChI is InChI=1S/C14H22N4O2S/c15-14-13(5-4-7-16-14)21(19,20)18-10-6-12(11-18)17-8-2-1-3-9-17/h4-5,7,12H,1-3,6,8-11H2,(H2,15,16). The number of aromatic nitrogens is 1. The van der Waals surface area contributed by atoms with Gasteiger partial charge in [-0.1, -0.05) is 6.42 Å². The van der Waals surface area contributed by atoms with Gasteiger partial charge in [0.25, 0.3) is 0 Å². The third-order valence-corrected chi connectivity index (χ3v) is 6.36. The summed E-state index contributed by atoms with van der Waals surface area (Å²) in [5.74, 6) is 0.0823. The molecule has 1 aromatic heterocycles. The van der Waals surface area contributed by atoms with Crippen LogP contribution in [0.25, 0.3) is 0 Å². The zero-order valence-electron chi connectivity index (χ0n) is 12.1. The third-order valence-electron chi connectivity index (χ3n) is 4.45. The lowest BCUT2D eigenvalue weighted by Gasteiger charge is -2.32. The zero-order chi connectivity index (χ0) is 14.9. The van der Waals surface area contributed by atoms with Crippen molar-refractivity contribution in [3.8, 4) is 0 Å². The molecule has 6 nitrogen and oxygen atoms in total. The lowest BCUT2D eigenvalue weighted by atomic mass is 10.1. The van der Waals surface area contributed by atoms with Crippen molar-refractivity contribution < 1.29 is 8.42 Å². The molecule has 0 bridgehead atoms. The smallest absolute Gasteiger partial charge is 0.246 e. The van der Waals surface area contributed by atoms with Crippen molar-refractivity contribution in [2.45, 2.75) is 36.6 Å². The average Bonchev–Trinajstić information content (AvgIpc) is 2.99. The van der Waals surface area contributed by atoms with Crippen LogP contribution in [0.5, 0.6) is 0 Å². The lowest BCUT2D eigenvalue weighted by Crippen LogP contribution is -2.41. The maximum atomic E-state index is 12.7. The number of hydrogen-bond donors (Lipinski definition) is 1. The predicted octanol–water partition coefficient (Wildman–Crippen LogP) is 0.913. The summed E-state index contributed by atoms with van der Waals surface area (Å²) < 4.78 is 26.9. The van der Waals surface area contributed by atoms with Crippen molar-refractivity contribution in [2.24, 2.45) is 0 Å². The Balaban J connectivity index is 1.74. The van der Waals surface area contributed by atoms with E-state index in [0.717, 1.165) is 19.5 Å². The van der Waals surface area contributed by atoms with Gasteiger partial charge in [0.1, 0.15) is 10.7 Å². The molecule has 2 fully saturated rings. The summed E-state index contributed by atoms with van der Waals surface area (Å²) in [6, 6.07) is 3.49. The third kappa shape index (κ3) is 2.90. The molecule has 7 heteroatoms. The number of pyridine rings is 1. The first-order chi connectivity index (χ1) is 10.1. The van der Waals surface area contributed by atoms with E-state index in [2.05, 4.69) is 9.88 Å². The van der Waals surface area contributed by atoms with E-state index in [0.29, 0.717) is 19.1 Å².